The first-order valence-corrected chi connectivity index (χ1v) is 9.18. The topological polar surface area (TPSA) is 77.4 Å². The van der Waals surface area contributed by atoms with E-state index in [1.807, 2.05) is 13.8 Å². The van der Waals surface area contributed by atoms with Crippen molar-refractivity contribution in [3.63, 3.8) is 0 Å². The minimum absolute atomic E-state index is 0. The van der Waals surface area contributed by atoms with Gasteiger partial charge >= 0.3 is 29.6 Å². The normalized spacial score (nSPS) is 21.9. The second kappa shape index (κ2) is 7.94. The van der Waals surface area contributed by atoms with Crippen LogP contribution in [-0.2, 0) is 0 Å². The molecule has 2 fully saturated rings. The van der Waals surface area contributed by atoms with Crippen LogP contribution in [0.5, 0.6) is 0 Å². The molecule has 2 atom stereocenters. The van der Waals surface area contributed by atoms with E-state index in [9.17, 15) is 23.5 Å². The first kappa shape index (κ1) is 22.1. The van der Waals surface area contributed by atoms with Gasteiger partial charge in [0.1, 0.15) is 5.69 Å². The average Bonchev–Trinajstić information content (AvgIpc) is 3.43. The van der Waals surface area contributed by atoms with Gasteiger partial charge in [0.25, 0.3) is 0 Å². The van der Waals surface area contributed by atoms with E-state index in [4.69, 9.17) is 0 Å². The average molecular weight is 417 g/mol. The van der Waals surface area contributed by atoms with Gasteiger partial charge in [0, 0.05) is 37.4 Å². The molecule has 1 aromatic carbocycles. The van der Waals surface area contributed by atoms with E-state index in [2.05, 4.69) is 5.32 Å². The summed E-state index contributed by atoms with van der Waals surface area (Å²) in [6.07, 6.45) is 2.23. The summed E-state index contributed by atoms with van der Waals surface area (Å²) in [7, 11) is 0. The van der Waals surface area contributed by atoms with Crippen molar-refractivity contribution in [2.75, 3.05) is 18.0 Å². The Kier molecular flexibility index (Phi) is 6.06. The van der Waals surface area contributed by atoms with Gasteiger partial charge in [-0.3, -0.25) is 4.79 Å². The van der Waals surface area contributed by atoms with Crippen LogP contribution < -0.4 is 50.3 Å². The van der Waals surface area contributed by atoms with Crippen LogP contribution in [0.3, 0.4) is 0 Å². The Hall–Kier alpha value is -1.55. The number of carboxylic acid groups (broad SMARTS) is 1. The van der Waals surface area contributed by atoms with Crippen LogP contribution in [0.2, 0.25) is 0 Å². The number of anilines is 1. The number of halogens is 3. The molecule has 0 bridgehead atoms. The van der Waals surface area contributed by atoms with E-state index >= 15 is 4.39 Å². The van der Waals surface area contributed by atoms with Gasteiger partial charge in [-0.1, -0.05) is 0 Å². The second-order valence-electron chi connectivity index (χ2n) is 7.69. The monoisotopic (exact) mass is 417 g/mol. The summed E-state index contributed by atoms with van der Waals surface area (Å²) in [4.78, 5) is 25.2. The van der Waals surface area contributed by atoms with Crippen LogP contribution in [-0.4, -0.2) is 35.7 Å². The molecule has 0 unspecified atom stereocenters. The van der Waals surface area contributed by atoms with E-state index < -0.39 is 51.0 Å². The summed E-state index contributed by atoms with van der Waals surface area (Å²) >= 11 is 0. The van der Waals surface area contributed by atoms with Crippen LogP contribution in [0, 0.1) is 17.5 Å². The molecule has 0 radical (unpaired) electrons. The van der Waals surface area contributed by atoms with Gasteiger partial charge in [0.15, 0.2) is 17.5 Å². The minimum atomic E-state index is -1.81. The summed E-state index contributed by atoms with van der Waals surface area (Å²) in [6, 6.07) is -0.422. The van der Waals surface area contributed by atoms with Gasteiger partial charge in [0.05, 0.1) is 22.4 Å². The number of aromatic carboxylic acids is 1. The minimum Gasteiger partial charge on any atom is -0.545 e. The number of pyridine rings is 1. The number of aromatic nitrogens is 1. The van der Waals surface area contributed by atoms with Gasteiger partial charge in [0.2, 0.25) is 5.43 Å². The SMILES string of the molecule is C[C@@H]1CN(c2c(F)c(F)c3c(=O)c(C(=O)[O-])cn(C4CC4)c3c2F)C[C@H](C)N1.[Na+]. The van der Waals surface area contributed by atoms with Gasteiger partial charge in [-0.15, -0.1) is 0 Å². The maximum atomic E-state index is 15.5. The Bertz CT molecular complexity index is 1040. The number of carbonyl (C=O) groups excluding carboxylic acids is 1. The third kappa shape index (κ3) is 3.69. The molecule has 2 aromatic rings. The number of nitrogens with one attached hydrogen (secondary N) is 1. The number of carboxylic acids is 1. The molecule has 150 valence electrons. The molecule has 2 aliphatic rings. The molecule has 1 saturated carbocycles. The Balaban J connectivity index is 0.00000240. The second-order valence-corrected chi connectivity index (χ2v) is 7.69. The van der Waals surface area contributed by atoms with Crippen LogP contribution in [0.15, 0.2) is 11.0 Å². The summed E-state index contributed by atoms with van der Waals surface area (Å²) in [5, 5.41) is 13.6. The molecular weight excluding hydrogens is 398 g/mol. The molecular formula is C19H19F3N3NaO3. The number of nitrogens with zero attached hydrogens (tertiary/aromatic N) is 2. The molecule has 1 aliphatic carbocycles. The van der Waals surface area contributed by atoms with Gasteiger partial charge in [-0.25, -0.2) is 13.2 Å². The number of hydrogen-bond donors (Lipinski definition) is 1. The zero-order chi connectivity index (χ0) is 20.3. The predicted octanol–water partition coefficient (Wildman–Crippen LogP) is -1.69. The van der Waals surface area contributed by atoms with E-state index in [1.165, 1.54) is 9.47 Å². The van der Waals surface area contributed by atoms with Crippen LogP contribution in [0.25, 0.3) is 10.9 Å². The number of hydrogen-bond acceptors (Lipinski definition) is 5. The summed E-state index contributed by atoms with van der Waals surface area (Å²) in [6.45, 7) is 4.21. The van der Waals surface area contributed by atoms with Gasteiger partial charge in [-0.2, -0.15) is 0 Å². The number of piperazine rings is 1. The van der Waals surface area contributed by atoms with Crippen LogP contribution in [0.4, 0.5) is 18.9 Å². The number of carbonyl (C=O) groups is 1. The van der Waals surface area contributed by atoms with Crippen LogP contribution >= 0.6 is 0 Å². The summed E-state index contributed by atoms with van der Waals surface area (Å²) in [5.41, 5.74) is -3.02. The molecule has 2 heterocycles. The van der Waals surface area contributed by atoms with Crippen molar-refractivity contribution in [1.29, 1.82) is 0 Å². The number of benzene rings is 1. The molecule has 1 N–H and O–H groups in total. The predicted molar refractivity (Wildman–Crippen MR) is 95.0 cm³/mol. The first-order valence-electron chi connectivity index (χ1n) is 9.18. The molecule has 4 rings (SSSR count). The number of rotatable bonds is 3. The van der Waals surface area contributed by atoms with E-state index in [-0.39, 0.29) is 60.8 Å². The van der Waals surface area contributed by atoms with Crippen molar-refractivity contribution in [2.45, 2.75) is 44.8 Å². The molecule has 1 aromatic heterocycles. The Morgan fingerprint density at radius 2 is 1.69 bits per heavy atom. The van der Waals surface area contributed by atoms with E-state index in [1.54, 1.807) is 0 Å². The summed E-state index contributed by atoms with van der Waals surface area (Å²) in [5.74, 6) is -5.88. The van der Waals surface area contributed by atoms with E-state index in [0.717, 1.165) is 6.20 Å². The van der Waals surface area contributed by atoms with Crippen molar-refractivity contribution in [1.82, 2.24) is 9.88 Å². The fourth-order valence-electron chi connectivity index (χ4n) is 4.06. The molecule has 0 amide bonds. The van der Waals surface area contributed by atoms with Crippen molar-refractivity contribution in [3.8, 4) is 0 Å². The number of fused-ring (bicyclic) bond motifs is 1. The third-order valence-electron chi connectivity index (χ3n) is 5.30. The van der Waals surface area contributed by atoms with E-state index in [0.29, 0.717) is 12.8 Å². The van der Waals surface area contributed by atoms with Crippen molar-refractivity contribution in [2.24, 2.45) is 0 Å². The molecule has 10 heteroatoms. The van der Waals surface area contributed by atoms with Crippen molar-refractivity contribution in [3.05, 3.63) is 39.4 Å². The fraction of sp³-hybridized carbons (Fsp3) is 0.474. The molecule has 1 aliphatic heterocycles. The van der Waals surface area contributed by atoms with Crippen molar-refractivity contribution >= 4 is 22.6 Å². The zero-order valence-corrected chi connectivity index (χ0v) is 18.4. The quantitative estimate of drug-likeness (QED) is 0.477. The Morgan fingerprint density at radius 1 is 1.10 bits per heavy atom. The first-order chi connectivity index (χ1) is 13.2. The van der Waals surface area contributed by atoms with Gasteiger partial charge in [-0.05, 0) is 26.7 Å². The van der Waals surface area contributed by atoms with Gasteiger partial charge < -0.3 is 24.7 Å². The maximum absolute atomic E-state index is 15.5. The maximum Gasteiger partial charge on any atom is 1.00 e. The van der Waals surface area contributed by atoms with Crippen molar-refractivity contribution < 1.29 is 52.6 Å². The zero-order valence-electron chi connectivity index (χ0n) is 16.4. The third-order valence-corrected chi connectivity index (χ3v) is 5.30. The summed E-state index contributed by atoms with van der Waals surface area (Å²) < 4.78 is 46.6. The Labute approximate surface area is 187 Å². The largest absolute Gasteiger partial charge is 1.00 e. The molecule has 29 heavy (non-hydrogen) atoms. The fourth-order valence-corrected chi connectivity index (χ4v) is 4.06. The van der Waals surface area contributed by atoms with Crippen LogP contribution in [0.1, 0.15) is 43.1 Å². The smallest absolute Gasteiger partial charge is 0.545 e. The Morgan fingerprint density at radius 3 is 2.21 bits per heavy atom. The molecule has 6 nitrogen and oxygen atoms in total. The standard InChI is InChI=1S/C19H20F3N3O3.Na/c1-8-5-24(6-9(2)23-8)17-14(21)13(20)12-16(15(17)22)25(10-3-4-10)7-11(18(12)26)19(27)28;/h7-10,23H,3-6H2,1-2H3,(H,27,28);/q;+1/p-1/t8-,9+;. The molecule has 0 spiro atoms. The molecule has 1 saturated heterocycles.